The number of pyridine rings is 1. The molecule has 6 rings (SSSR count). The molecule has 0 radical (unpaired) electrons. The second kappa shape index (κ2) is 14.5. The van der Waals surface area contributed by atoms with Gasteiger partial charge in [0.1, 0.15) is 5.75 Å². The number of amides is 2. The molecule has 0 saturated carbocycles. The van der Waals surface area contributed by atoms with E-state index in [1.54, 1.807) is 36.2 Å². The van der Waals surface area contributed by atoms with Crippen LogP contribution in [0.2, 0.25) is 0 Å². The molecule has 4 aromatic heterocycles. The van der Waals surface area contributed by atoms with Gasteiger partial charge >= 0.3 is 0 Å². The van der Waals surface area contributed by atoms with Crippen LogP contribution in [-0.2, 0) is 29.0 Å². The molecule has 0 spiro atoms. The lowest BCUT2D eigenvalue weighted by Gasteiger charge is -2.17. The minimum Gasteiger partial charge on any atom is -0.497 e. The monoisotopic (exact) mass is 640 g/mol. The van der Waals surface area contributed by atoms with Crippen LogP contribution < -0.4 is 25.6 Å². The molecule has 1 atom stereocenters. The van der Waals surface area contributed by atoms with Gasteiger partial charge in [0.25, 0.3) is 0 Å². The van der Waals surface area contributed by atoms with Crippen molar-refractivity contribution in [2.75, 3.05) is 41.0 Å². The number of hydrogen-bond donors (Lipinski definition) is 3. The fraction of sp³-hybridized carbons (Fsp3) is 0.300. The number of carbonyl (C=O) groups excluding carboxylic acids is 2. The first-order valence-corrected chi connectivity index (χ1v) is 15.5. The Labute approximate surface area is 268 Å². The van der Waals surface area contributed by atoms with Crippen LogP contribution in [0.3, 0.4) is 0 Å². The summed E-state index contributed by atoms with van der Waals surface area (Å²) in [4.78, 5) is 31.1. The van der Waals surface area contributed by atoms with E-state index < -0.39 is 0 Å². The molecule has 1 fully saturated rings. The summed E-state index contributed by atoms with van der Waals surface area (Å²) < 4.78 is 6.94. The number of hydrogen-bond acceptors (Lipinski definition) is 13. The van der Waals surface area contributed by atoms with Crippen LogP contribution in [0.15, 0.2) is 67.0 Å². The highest BCUT2D eigenvalue weighted by molar-refractivity contribution is 7.19. The van der Waals surface area contributed by atoms with Crippen LogP contribution in [0.4, 0.5) is 21.9 Å². The quantitative estimate of drug-likeness (QED) is 0.172. The molecule has 1 aromatic carbocycles. The lowest BCUT2D eigenvalue weighted by atomic mass is 10.2. The van der Waals surface area contributed by atoms with Crippen LogP contribution >= 0.6 is 11.3 Å². The highest BCUT2D eigenvalue weighted by Gasteiger charge is 2.25. The standard InChI is InChI=1S/C30H32N12O3S/c1-45-24-8-5-20(6-9-24)17-42-19-23(35-40-42)7-12-27(43)33-25-10-11-26(37-36-25)41-15-13-22(18-41)32-29-38-39-30(46-29)34-28(44)16-21-4-2-3-14-31-21/h2-6,8-11,14,19,22H,7,12-13,15-18H2,1H3,(H,32,38)(H,33,36,43)(H,34,39,44)/t22-/m1/s1. The Balaban J connectivity index is 0.917. The van der Waals surface area contributed by atoms with Crippen molar-refractivity contribution < 1.29 is 14.3 Å². The lowest BCUT2D eigenvalue weighted by molar-refractivity contribution is -0.116. The van der Waals surface area contributed by atoms with Gasteiger partial charge in [0, 0.05) is 50.1 Å². The van der Waals surface area contributed by atoms with Gasteiger partial charge in [-0.05, 0) is 48.4 Å². The minimum atomic E-state index is -0.197. The Morgan fingerprint density at radius 3 is 2.59 bits per heavy atom. The second-order valence-corrected chi connectivity index (χ2v) is 11.6. The van der Waals surface area contributed by atoms with E-state index in [9.17, 15) is 9.59 Å². The van der Waals surface area contributed by atoms with Gasteiger partial charge in [-0.3, -0.25) is 14.6 Å². The number of rotatable bonds is 13. The van der Waals surface area contributed by atoms with Gasteiger partial charge in [0.15, 0.2) is 11.6 Å². The summed E-state index contributed by atoms with van der Waals surface area (Å²) in [5, 5.41) is 35.1. The minimum absolute atomic E-state index is 0.125. The lowest BCUT2D eigenvalue weighted by Crippen LogP contribution is -2.26. The van der Waals surface area contributed by atoms with E-state index >= 15 is 0 Å². The third kappa shape index (κ3) is 8.35. The van der Waals surface area contributed by atoms with Crippen molar-refractivity contribution in [1.82, 2.24) is 40.4 Å². The summed E-state index contributed by atoms with van der Waals surface area (Å²) >= 11 is 1.28. The molecule has 0 aliphatic carbocycles. The van der Waals surface area contributed by atoms with Crippen molar-refractivity contribution in [3.05, 3.63) is 83.9 Å². The molecule has 1 saturated heterocycles. The van der Waals surface area contributed by atoms with Gasteiger partial charge in [0.05, 0.1) is 25.8 Å². The van der Waals surface area contributed by atoms with Crippen LogP contribution in [0.25, 0.3) is 0 Å². The number of aromatic nitrogens is 8. The van der Waals surface area contributed by atoms with Crippen LogP contribution in [0.1, 0.15) is 29.8 Å². The Kier molecular flexibility index (Phi) is 9.63. The molecule has 236 valence electrons. The zero-order valence-electron chi connectivity index (χ0n) is 25.0. The molecular formula is C30H32N12O3S. The predicted octanol–water partition coefficient (Wildman–Crippen LogP) is 2.81. The summed E-state index contributed by atoms with van der Waals surface area (Å²) in [5.41, 5.74) is 2.49. The highest BCUT2D eigenvalue weighted by atomic mass is 32.1. The van der Waals surface area contributed by atoms with Crippen molar-refractivity contribution in [3.8, 4) is 5.75 Å². The first-order chi connectivity index (χ1) is 22.5. The van der Waals surface area contributed by atoms with Crippen molar-refractivity contribution in [2.24, 2.45) is 0 Å². The second-order valence-electron chi connectivity index (χ2n) is 10.6. The molecule has 2 amide bonds. The number of nitrogens with one attached hydrogen (secondary N) is 3. The number of methoxy groups -OCH3 is 1. The van der Waals surface area contributed by atoms with E-state index in [-0.39, 0.29) is 30.7 Å². The number of carbonyl (C=O) groups is 2. The summed E-state index contributed by atoms with van der Waals surface area (Å²) in [6.45, 7) is 2.06. The number of anilines is 4. The molecule has 1 aliphatic heterocycles. The molecule has 0 unspecified atom stereocenters. The molecule has 0 bridgehead atoms. The molecule has 5 aromatic rings. The van der Waals surface area contributed by atoms with E-state index in [1.807, 2.05) is 42.6 Å². The summed E-state index contributed by atoms with van der Waals surface area (Å²) in [6.07, 6.45) is 5.23. The van der Waals surface area contributed by atoms with E-state index in [4.69, 9.17) is 4.74 Å². The molecule has 15 nitrogen and oxygen atoms in total. The van der Waals surface area contributed by atoms with Gasteiger partial charge in [-0.2, -0.15) is 0 Å². The molecule has 3 N–H and O–H groups in total. The maximum atomic E-state index is 12.5. The largest absolute Gasteiger partial charge is 0.497 e. The van der Waals surface area contributed by atoms with Gasteiger partial charge in [-0.15, -0.1) is 25.5 Å². The highest BCUT2D eigenvalue weighted by Crippen LogP contribution is 2.25. The molecule has 46 heavy (non-hydrogen) atoms. The fourth-order valence-corrected chi connectivity index (χ4v) is 5.62. The summed E-state index contributed by atoms with van der Waals surface area (Å²) in [7, 11) is 1.63. The van der Waals surface area contributed by atoms with Gasteiger partial charge in [0.2, 0.25) is 22.1 Å². The average molecular weight is 641 g/mol. The molecule has 16 heteroatoms. The zero-order chi connectivity index (χ0) is 31.7. The SMILES string of the molecule is COc1ccc(Cn2cc(CCC(=O)Nc3ccc(N4CC[C@@H](Nc5nnc(NC(=O)Cc6ccccn6)s5)C4)nn3)nn2)cc1. The summed E-state index contributed by atoms with van der Waals surface area (Å²) in [6, 6.07) is 16.9. The Morgan fingerprint density at radius 1 is 0.935 bits per heavy atom. The maximum absolute atomic E-state index is 12.5. The normalized spacial score (nSPS) is 14.2. The number of aryl methyl sites for hydroxylation is 1. The fourth-order valence-electron chi connectivity index (χ4n) is 4.88. The van der Waals surface area contributed by atoms with E-state index in [0.717, 1.165) is 35.8 Å². The number of ether oxygens (including phenoxy) is 1. The Morgan fingerprint density at radius 2 is 1.80 bits per heavy atom. The average Bonchev–Trinajstić information content (AvgIpc) is 3.84. The third-order valence-electron chi connectivity index (χ3n) is 7.19. The maximum Gasteiger partial charge on any atom is 0.232 e. The van der Waals surface area contributed by atoms with Gasteiger partial charge in [-0.1, -0.05) is 34.7 Å². The van der Waals surface area contributed by atoms with Crippen molar-refractivity contribution in [2.45, 2.75) is 38.3 Å². The predicted molar refractivity (Wildman–Crippen MR) is 172 cm³/mol. The molecular weight excluding hydrogens is 608 g/mol. The number of benzene rings is 1. The van der Waals surface area contributed by atoms with E-state index in [2.05, 4.69) is 56.5 Å². The van der Waals surface area contributed by atoms with E-state index in [1.165, 1.54) is 11.3 Å². The van der Waals surface area contributed by atoms with E-state index in [0.29, 0.717) is 41.3 Å². The van der Waals surface area contributed by atoms with Crippen LogP contribution in [0.5, 0.6) is 5.75 Å². The molecule has 5 heterocycles. The van der Waals surface area contributed by atoms with Gasteiger partial charge in [-0.25, -0.2) is 4.68 Å². The molecule has 1 aliphatic rings. The summed E-state index contributed by atoms with van der Waals surface area (Å²) in [5.74, 6) is 1.53. The zero-order valence-corrected chi connectivity index (χ0v) is 25.9. The Hall–Kier alpha value is -5.51. The van der Waals surface area contributed by atoms with Crippen molar-refractivity contribution in [1.29, 1.82) is 0 Å². The van der Waals surface area contributed by atoms with Crippen LogP contribution in [0, 0.1) is 0 Å². The van der Waals surface area contributed by atoms with Gasteiger partial charge < -0.3 is 25.6 Å². The number of nitrogens with zero attached hydrogens (tertiary/aromatic N) is 9. The smallest absolute Gasteiger partial charge is 0.232 e. The van der Waals surface area contributed by atoms with Crippen molar-refractivity contribution in [3.63, 3.8) is 0 Å². The third-order valence-corrected chi connectivity index (χ3v) is 7.96. The topological polar surface area (TPSA) is 178 Å². The first-order valence-electron chi connectivity index (χ1n) is 14.7. The first kappa shape index (κ1) is 30.5. The Bertz CT molecular complexity index is 1750. The van der Waals surface area contributed by atoms with Crippen molar-refractivity contribution >= 4 is 45.0 Å². The van der Waals surface area contributed by atoms with Crippen LogP contribution in [-0.4, -0.2) is 78.4 Å².